The maximum atomic E-state index is 11.8. The van der Waals surface area contributed by atoms with E-state index in [4.69, 9.17) is 16.3 Å². The smallest absolute Gasteiger partial charge is 0.146 e. The fraction of sp³-hybridized carbons (Fsp3) is 0.500. The van der Waals surface area contributed by atoms with Gasteiger partial charge in [-0.05, 0) is 31.0 Å². The molecular weight excluding hydrogens is 316 g/mol. The maximum absolute atomic E-state index is 11.8. The molecule has 2 nitrogen and oxygen atoms in total. The highest BCUT2D eigenvalue weighted by atomic mass is 79.9. The Balaban J connectivity index is 2.17. The van der Waals surface area contributed by atoms with Gasteiger partial charge in [0.15, 0.2) is 0 Å². The van der Waals surface area contributed by atoms with Crippen molar-refractivity contribution in [3.8, 4) is 5.75 Å². The largest absolute Gasteiger partial charge is 0.487 e. The van der Waals surface area contributed by atoms with Gasteiger partial charge in [-0.2, -0.15) is 0 Å². The third-order valence-corrected chi connectivity index (χ3v) is 4.76. The molecule has 0 spiro atoms. The molecule has 18 heavy (non-hydrogen) atoms. The summed E-state index contributed by atoms with van der Waals surface area (Å²) in [4.78, 5) is 11.8. The zero-order valence-electron chi connectivity index (χ0n) is 10.5. The van der Waals surface area contributed by atoms with Crippen LogP contribution in [-0.2, 0) is 4.79 Å². The molecule has 2 rings (SSSR count). The van der Waals surface area contributed by atoms with Gasteiger partial charge in [0.05, 0.1) is 10.4 Å². The van der Waals surface area contributed by atoms with E-state index >= 15 is 0 Å². The van der Waals surface area contributed by atoms with Gasteiger partial charge in [0.2, 0.25) is 0 Å². The summed E-state index contributed by atoms with van der Waals surface area (Å²) < 4.78 is 6.85. The van der Waals surface area contributed by atoms with Gasteiger partial charge in [-0.25, -0.2) is 0 Å². The number of hydrogen-bond acceptors (Lipinski definition) is 2. The lowest BCUT2D eigenvalue weighted by molar-refractivity contribution is -0.153. The monoisotopic (exact) mass is 330 g/mol. The summed E-state index contributed by atoms with van der Waals surface area (Å²) in [6.45, 7) is 4.08. The van der Waals surface area contributed by atoms with Crippen LogP contribution >= 0.6 is 27.5 Å². The molecule has 0 bridgehead atoms. The molecule has 0 amide bonds. The number of ether oxygens (including phenoxy) is 1. The average Bonchev–Trinajstić information content (AvgIpc) is 2.33. The molecule has 0 N–H and O–H groups in total. The molecule has 1 aromatic carbocycles. The first-order valence-corrected chi connectivity index (χ1v) is 7.35. The number of Topliss-reactive ketones (excluding diaryl/α,β-unsaturated/α-hetero) is 1. The number of carbonyl (C=O) groups is 1. The number of carbonyl (C=O) groups excluding carboxylic acids is 1. The molecule has 1 saturated carbocycles. The highest BCUT2D eigenvalue weighted by Crippen LogP contribution is 2.46. The molecule has 0 aliphatic heterocycles. The van der Waals surface area contributed by atoms with Crippen molar-refractivity contribution in [3.05, 3.63) is 27.7 Å². The second-order valence-corrected chi connectivity index (χ2v) is 5.99. The molecule has 1 aliphatic rings. The summed E-state index contributed by atoms with van der Waals surface area (Å²) in [6, 6.07) is 5.53. The second-order valence-electron chi connectivity index (χ2n) is 4.67. The fourth-order valence-electron chi connectivity index (χ4n) is 2.59. The highest BCUT2D eigenvalue weighted by Gasteiger charge is 2.53. The van der Waals surface area contributed by atoms with Crippen molar-refractivity contribution < 1.29 is 9.53 Å². The van der Waals surface area contributed by atoms with Gasteiger partial charge in [0.1, 0.15) is 17.6 Å². The van der Waals surface area contributed by atoms with Crippen molar-refractivity contribution in [1.29, 1.82) is 0 Å². The summed E-state index contributed by atoms with van der Waals surface area (Å²) in [5.74, 6) is 0.967. The Hall–Kier alpha value is -0.540. The Morgan fingerprint density at radius 3 is 2.61 bits per heavy atom. The average molecular weight is 332 g/mol. The van der Waals surface area contributed by atoms with Crippen LogP contribution in [0.5, 0.6) is 5.75 Å². The molecule has 4 heteroatoms. The van der Waals surface area contributed by atoms with E-state index in [0.717, 1.165) is 17.3 Å². The Bertz CT molecular complexity index is 469. The lowest BCUT2D eigenvalue weighted by Gasteiger charge is -2.46. The van der Waals surface area contributed by atoms with Crippen molar-refractivity contribution in [1.82, 2.24) is 0 Å². The van der Waals surface area contributed by atoms with E-state index in [9.17, 15) is 4.79 Å². The van der Waals surface area contributed by atoms with Crippen LogP contribution in [0, 0.1) is 5.41 Å². The molecule has 0 radical (unpaired) electrons. The summed E-state index contributed by atoms with van der Waals surface area (Å²) in [5, 5.41) is 0.574. The van der Waals surface area contributed by atoms with Crippen molar-refractivity contribution in [2.45, 2.75) is 39.2 Å². The fourth-order valence-corrected chi connectivity index (χ4v) is 3.31. The minimum atomic E-state index is -0.309. The number of benzene rings is 1. The minimum Gasteiger partial charge on any atom is -0.487 e. The van der Waals surface area contributed by atoms with E-state index in [1.54, 1.807) is 6.07 Å². The van der Waals surface area contributed by atoms with Crippen molar-refractivity contribution in [2.24, 2.45) is 5.41 Å². The Labute approximate surface area is 121 Å². The Morgan fingerprint density at radius 2 is 2.11 bits per heavy atom. The summed E-state index contributed by atoms with van der Waals surface area (Å²) in [5.41, 5.74) is -0.309. The van der Waals surface area contributed by atoms with Crippen LogP contribution in [0.1, 0.15) is 33.1 Å². The van der Waals surface area contributed by atoms with E-state index in [0.29, 0.717) is 23.0 Å². The molecule has 1 unspecified atom stereocenters. The third kappa shape index (κ3) is 2.19. The molecule has 1 atom stereocenters. The topological polar surface area (TPSA) is 26.3 Å². The first-order valence-electron chi connectivity index (χ1n) is 6.18. The standard InChI is InChI=1S/C14H16BrClO2/c1-3-14(4-2)12(17)8-13(14)18-11-6-5-9(15)7-10(11)16/h5-7,13H,3-4,8H2,1-2H3. The van der Waals surface area contributed by atoms with Crippen LogP contribution in [0.4, 0.5) is 0 Å². The molecular formula is C14H16BrClO2. The number of rotatable bonds is 4. The zero-order valence-corrected chi connectivity index (χ0v) is 12.8. The molecule has 1 fully saturated rings. The SMILES string of the molecule is CCC1(CC)C(=O)CC1Oc1ccc(Br)cc1Cl. The highest BCUT2D eigenvalue weighted by molar-refractivity contribution is 9.10. The Morgan fingerprint density at radius 1 is 1.44 bits per heavy atom. The first-order chi connectivity index (χ1) is 8.53. The van der Waals surface area contributed by atoms with Gasteiger partial charge in [-0.15, -0.1) is 0 Å². The van der Waals surface area contributed by atoms with Crippen molar-refractivity contribution in [3.63, 3.8) is 0 Å². The summed E-state index contributed by atoms with van der Waals surface area (Å²) in [6.07, 6.45) is 2.09. The molecule has 1 aromatic rings. The third-order valence-electron chi connectivity index (χ3n) is 3.97. The first kappa shape index (κ1) is 13.9. The van der Waals surface area contributed by atoms with Crippen LogP contribution in [0.15, 0.2) is 22.7 Å². The van der Waals surface area contributed by atoms with Gasteiger partial charge in [-0.3, -0.25) is 4.79 Å². The van der Waals surface area contributed by atoms with E-state index in [-0.39, 0.29) is 11.5 Å². The van der Waals surface area contributed by atoms with E-state index < -0.39 is 0 Å². The van der Waals surface area contributed by atoms with Crippen molar-refractivity contribution >= 4 is 33.3 Å². The molecule has 0 heterocycles. The quantitative estimate of drug-likeness (QED) is 0.804. The van der Waals surface area contributed by atoms with Gasteiger partial charge in [0, 0.05) is 10.9 Å². The normalized spacial score (nSPS) is 21.6. The summed E-state index contributed by atoms with van der Waals surface area (Å²) in [7, 11) is 0. The molecule has 98 valence electrons. The maximum Gasteiger partial charge on any atom is 0.146 e. The summed E-state index contributed by atoms with van der Waals surface area (Å²) >= 11 is 9.49. The van der Waals surface area contributed by atoms with Crippen LogP contribution in [0.3, 0.4) is 0 Å². The van der Waals surface area contributed by atoms with Crippen LogP contribution in [0.25, 0.3) is 0 Å². The van der Waals surface area contributed by atoms with E-state index in [1.807, 2.05) is 26.0 Å². The number of halogens is 2. The molecule has 0 saturated heterocycles. The minimum absolute atomic E-state index is 0.0429. The lowest BCUT2D eigenvalue weighted by atomic mass is 9.61. The van der Waals surface area contributed by atoms with Crippen LogP contribution in [-0.4, -0.2) is 11.9 Å². The van der Waals surface area contributed by atoms with Crippen LogP contribution in [0.2, 0.25) is 5.02 Å². The number of ketones is 1. The second kappa shape index (κ2) is 5.22. The zero-order chi connectivity index (χ0) is 13.3. The molecule has 0 aromatic heterocycles. The Kier molecular flexibility index (Phi) is 4.02. The van der Waals surface area contributed by atoms with Gasteiger partial charge < -0.3 is 4.74 Å². The van der Waals surface area contributed by atoms with Crippen molar-refractivity contribution in [2.75, 3.05) is 0 Å². The lowest BCUT2D eigenvalue weighted by Crippen LogP contribution is -2.56. The van der Waals surface area contributed by atoms with E-state index in [1.165, 1.54) is 0 Å². The van der Waals surface area contributed by atoms with Crippen LogP contribution < -0.4 is 4.74 Å². The molecule has 1 aliphatic carbocycles. The number of hydrogen-bond donors (Lipinski definition) is 0. The van der Waals surface area contributed by atoms with Gasteiger partial charge in [-0.1, -0.05) is 41.4 Å². The predicted octanol–water partition coefficient (Wildman–Crippen LogP) is 4.63. The predicted molar refractivity (Wildman–Crippen MR) is 76.2 cm³/mol. The van der Waals surface area contributed by atoms with Gasteiger partial charge in [0.25, 0.3) is 0 Å². The van der Waals surface area contributed by atoms with Gasteiger partial charge >= 0.3 is 0 Å². The van der Waals surface area contributed by atoms with E-state index in [2.05, 4.69) is 15.9 Å².